The van der Waals surface area contributed by atoms with Gasteiger partial charge in [-0.05, 0) is 104 Å². The van der Waals surface area contributed by atoms with Gasteiger partial charge in [-0.3, -0.25) is 0 Å². The van der Waals surface area contributed by atoms with Crippen molar-refractivity contribution in [1.82, 2.24) is 6.15 Å². The molecule has 2 unspecified atom stereocenters. The standard InChI is InChI=1S/C8H19NO2.C8H18O3.C8H16O2.ClH.H3N/c2*1-6(2,9)8(5,11)7(3,4)10;1-6(2,9)8(5)7(3,4)10-8;;/h10-11H,9H2,1-5H3;9-11H,1-5H3;9H,1-5H3;1H;1H3. The van der Waals surface area contributed by atoms with Crippen molar-refractivity contribution in [3.05, 3.63) is 0 Å². The zero-order chi connectivity index (χ0) is 27.2. The fourth-order valence-corrected chi connectivity index (χ4v) is 2.88. The maximum Gasteiger partial charge on any atom is 0.123 e. The highest BCUT2D eigenvalue weighted by Gasteiger charge is 2.67. The fourth-order valence-electron chi connectivity index (χ4n) is 2.88. The summed E-state index contributed by atoms with van der Waals surface area (Å²) in [7, 11) is 0. The van der Waals surface area contributed by atoms with E-state index in [0.29, 0.717) is 0 Å². The first-order valence-electron chi connectivity index (χ1n) is 11.0. The van der Waals surface area contributed by atoms with Gasteiger partial charge in [0.1, 0.15) is 16.8 Å². The number of ether oxygens (including phenoxy) is 1. The van der Waals surface area contributed by atoms with Gasteiger partial charge >= 0.3 is 0 Å². The molecule has 34 heavy (non-hydrogen) atoms. The Morgan fingerprint density at radius 2 is 0.765 bits per heavy atom. The first kappa shape index (κ1) is 41.1. The number of aliphatic hydroxyl groups is 6. The molecule has 2 atom stereocenters. The average molecular weight is 521 g/mol. The lowest BCUT2D eigenvalue weighted by atomic mass is 9.74. The normalized spacial score (nSPS) is 22.4. The van der Waals surface area contributed by atoms with Gasteiger partial charge in [-0.1, -0.05) is 0 Å². The van der Waals surface area contributed by atoms with Crippen LogP contribution < -0.4 is 11.9 Å². The zero-order valence-corrected chi connectivity index (χ0v) is 25.1. The second kappa shape index (κ2) is 11.1. The van der Waals surface area contributed by atoms with E-state index in [4.69, 9.17) is 10.5 Å². The molecule has 0 amide bonds. The Labute approximate surface area is 214 Å². The zero-order valence-electron chi connectivity index (χ0n) is 24.3. The summed E-state index contributed by atoms with van der Waals surface area (Å²) in [4.78, 5) is 0. The lowest BCUT2D eigenvalue weighted by molar-refractivity contribution is -0.211. The molecule has 0 aromatic carbocycles. The quantitative estimate of drug-likeness (QED) is 0.251. The van der Waals surface area contributed by atoms with E-state index in [1.165, 1.54) is 41.5 Å². The molecule has 1 fully saturated rings. The van der Waals surface area contributed by atoms with Crippen molar-refractivity contribution < 1.29 is 35.4 Å². The van der Waals surface area contributed by atoms with Crippen molar-refractivity contribution in [3.63, 3.8) is 0 Å². The van der Waals surface area contributed by atoms with Crippen LogP contribution in [0.15, 0.2) is 0 Å². The van der Waals surface area contributed by atoms with Gasteiger partial charge in [0.15, 0.2) is 0 Å². The van der Waals surface area contributed by atoms with E-state index in [0.717, 1.165) is 0 Å². The van der Waals surface area contributed by atoms with Gasteiger partial charge in [-0.25, -0.2) is 0 Å². The fraction of sp³-hybridized carbons (Fsp3) is 1.00. The largest absolute Gasteiger partial charge is 0.387 e. The van der Waals surface area contributed by atoms with Crippen LogP contribution in [-0.4, -0.2) is 81.0 Å². The van der Waals surface area contributed by atoms with E-state index in [1.807, 2.05) is 20.8 Å². The van der Waals surface area contributed by atoms with Crippen LogP contribution in [0, 0.1) is 0 Å². The summed E-state index contributed by atoms with van der Waals surface area (Å²) in [6.45, 7) is 24.7. The minimum atomic E-state index is -1.51. The van der Waals surface area contributed by atoms with Gasteiger partial charge in [0.2, 0.25) is 0 Å². The van der Waals surface area contributed by atoms with Crippen LogP contribution in [0.3, 0.4) is 0 Å². The average Bonchev–Trinajstić information content (AvgIpc) is 2.95. The molecule has 0 saturated carbocycles. The highest BCUT2D eigenvalue weighted by atomic mass is 35.5. The van der Waals surface area contributed by atoms with Crippen LogP contribution in [0.5, 0.6) is 0 Å². The molecule has 1 heterocycles. The van der Waals surface area contributed by atoms with Gasteiger partial charge in [-0.2, -0.15) is 0 Å². The molecular formula is C24H57ClN2O7. The van der Waals surface area contributed by atoms with E-state index in [2.05, 4.69) is 0 Å². The smallest absolute Gasteiger partial charge is 0.123 e. The molecule has 0 aromatic rings. The molecule has 1 aliphatic heterocycles. The van der Waals surface area contributed by atoms with E-state index in [1.54, 1.807) is 41.5 Å². The molecule has 0 aliphatic carbocycles. The molecule has 0 aromatic heterocycles. The van der Waals surface area contributed by atoms with Crippen LogP contribution in [0.4, 0.5) is 0 Å². The van der Waals surface area contributed by atoms with E-state index < -0.39 is 39.1 Å². The highest BCUT2D eigenvalue weighted by molar-refractivity contribution is 5.85. The van der Waals surface area contributed by atoms with Gasteiger partial charge in [0, 0.05) is 5.54 Å². The second-order valence-electron chi connectivity index (χ2n) is 12.7. The van der Waals surface area contributed by atoms with Crippen molar-refractivity contribution in [2.45, 2.75) is 154 Å². The Bertz CT molecular complexity index is 550. The van der Waals surface area contributed by atoms with Crippen LogP contribution in [0.1, 0.15) is 104 Å². The molecule has 1 aliphatic rings. The summed E-state index contributed by atoms with van der Waals surface area (Å²) in [6, 6.07) is 0. The Kier molecular flexibility index (Phi) is 13.4. The third-order valence-corrected chi connectivity index (χ3v) is 7.56. The second-order valence-corrected chi connectivity index (χ2v) is 12.7. The molecule has 212 valence electrons. The van der Waals surface area contributed by atoms with E-state index in [9.17, 15) is 30.6 Å². The van der Waals surface area contributed by atoms with Gasteiger partial charge in [0.25, 0.3) is 0 Å². The third kappa shape index (κ3) is 9.10. The van der Waals surface area contributed by atoms with Gasteiger partial charge < -0.3 is 47.3 Å². The highest BCUT2D eigenvalue weighted by Crippen LogP contribution is 2.53. The summed E-state index contributed by atoms with van der Waals surface area (Å²) < 4.78 is 5.41. The van der Waals surface area contributed by atoms with Crippen molar-refractivity contribution in [1.29, 1.82) is 0 Å². The van der Waals surface area contributed by atoms with Crippen molar-refractivity contribution in [2.24, 2.45) is 5.73 Å². The lowest BCUT2D eigenvalue weighted by Gasteiger charge is -2.45. The molecule has 0 bridgehead atoms. The molecule has 9 nitrogen and oxygen atoms in total. The van der Waals surface area contributed by atoms with Crippen LogP contribution >= 0.6 is 12.4 Å². The first-order chi connectivity index (χ1) is 13.2. The monoisotopic (exact) mass is 520 g/mol. The summed E-state index contributed by atoms with van der Waals surface area (Å²) in [5.41, 5.74) is -3.01. The Balaban J connectivity index is -0.000000193. The van der Waals surface area contributed by atoms with Crippen molar-refractivity contribution >= 4 is 12.4 Å². The number of epoxide rings is 1. The van der Waals surface area contributed by atoms with E-state index in [-0.39, 0.29) is 29.8 Å². The number of nitrogens with two attached hydrogens (primary N) is 1. The molecule has 0 radical (unpaired) electrons. The Morgan fingerprint density at radius 3 is 0.765 bits per heavy atom. The molecule has 0 spiro atoms. The minimum Gasteiger partial charge on any atom is -0.387 e. The van der Waals surface area contributed by atoms with Crippen LogP contribution in [-0.2, 0) is 4.74 Å². The Morgan fingerprint density at radius 1 is 0.559 bits per heavy atom. The van der Waals surface area contributed by atoms with Crippen LogP contribution in [0.25, 0.3) is 0 Å². The minimum absolute atomic E-state index is 0. The molecule has 1 saturated heterocycles. The number of hydrogen-bond acceptors (Lipinski definition) is 9. The Hall–Kier alpha value is -0.0700. The summed E-state index contributed by atoms with van der Waals surface area (Å²) in [5, 5.41) is 57.6. The van der Waals surface area contributed by atoms with Crippen molar-refractivity contribution in [2.75, 3.05) is 0 Å². The first-order valence-corrected chi connectivity index (χ1v) is 11.0. The van der Waals surface area contributed by atoms with Crippen LogP contribution in [0.2, 0.25) is 0 Å². The predicted octanol–water partition coefficient (Wildman–Crippen LogP) is 2.43. The molecule has 1 rings (SSSR count). The molecule has 11 N–H and O–H groups in total. The predicted molar refractivity (Wildman–Crippen MR) is 141 cm³/mol. The maximum atomic E-state index is 9.81. The number of hydrogen-bond donors (Lipinski definition) is 8. The topological polar surface area (TPSA) is 195 Å². The van der Waals surface area contributed by atoms with Gasteiger partial charge in [-0.15, -0.1) is 12.4 Å². The summed E-state index contributed by atoms with van der Waals surface area (Å²) in [5.74, 6) is 0. The number of halogens is 1. The molecular weight excluding hydrogens is 464 g/mol. The maximum absolute atomic E-state index is 9.81. The lowest BCUT2D eigenvalue weighted by Crippen LogP contribution is -2.65. The van der Waals surface area contributed by atoms with Crippen molar-refractivity contribution in [3.8, 4) is 0 Å². The summed E-state index contributed by atoms with van der Waals surface area (Å²) >= 11 is 0. The summed E-state index contributed by atoms with van der Waals surface area (Å²) in [6.07, 6.45) is 0. The van der Waals surface area contributed by atoms with E-state index >= 15 is 0 Å². The molecule has 10 heteroatoms. The van der Waals surface area contributed by atoms with Gasteiger partial charge in [0.05, 0.1) is 28.0 Å². The SMILES string of the molecule is CC(C)(N)C(C)(O)C(C)(C)O.CC(C)(O)C(C)(O)C(C)(C)O.CC(C)(O)C1(C)OC1(C)C.Cl.N. The third-order valence-electron chi connectivity index (χ3n) is 7.56. The number of rotatable bonds is 5.